The molecule has 2 aromatic carbocycles. The first-order chi connectivity index (χ1) is 13.8. The first kappa shape index (κ1) is 21.7. The van der Waals surface area contributed by atoms with Crippen molar-refractivity contribution < 1.29 is 22.0 Å². The quantitative estimate of drug-likeness (QED) is 0.693. The van der Waals surface area contributed by atoms with Gasteiger partial charge in [-0.25, -0.2) is 17.2 Å². The van der Waals surface area contributed by atoms with E-state index in [4.69, 9.17) is 0 Å². The van der Waals surface area contributed by atoms with Crippen LogP contribution >= 0.6 is 11.8 Å². The summed E-state index contributed by atoms with van der Waals surface area (Å²) in [5.41, 5.74) is 2.33. The van der Waals surface area contributed by atoms with Gasteiger partial charge in [-0.3, -0.25) is 4.79 Å². The third kappa shape index (κ3) is 5.34. The van der Waals surface area contributed by atoms with Crippen molar-refractivity contribution in [3.8, 4) is 0 Å². The van der Waals surface area contributed by atoms with Gasteiger partial charge in [0.2, 0.25) is 15.9 Å². The van der Waals surface area contributed by atoms with Crippen LogP contribution in [0.5, 0.6) is 0 Å². The fourth-order valence-electron chi connectivity index (χ4n) is 3.11. The van der Waals surface area contributed by atoms with Gasteiger partial charge in [0.1, 0.15) is 0 Å². The molecule has 0 spiro atoms. The van der Waals surface area contributed by atoms with Crippen molar-refractivity contribution in [2.75, 3.05) is 31.9 Å². The number of piperazine rings is 1. The summed E-state index contributed by atoms with van der Waals surface area (Å²) in [7, 11) is -3.92. The fourth-order valence-corrected chi connectivity index (χ4v) is 5.42. The third-order valence-corrected chi connectivity index (χ3v) is 7.58. The Labute approximate surface area is 173 Å². The summed E-state index contributed by atoms with van der Waals surface area (Å²) in [5.74, 6) is -1.28. The molecule has 0 N–H and O–H groups in total. The van der Waals surface area contributed by atoms with Crippen molar-refractivity contribution in [2.45, 2.75) is 17.6 Å². The molecule has 9 heteroatoms. The van der Waals surface area contributed by atoms with E-state index in [1.807, 2.05) is 25.1 Å². The number of carbonyl (C=O) groups is 1. The van der Waals surface area contributed by atoms with Gasteiger partial charge in [-0.2, -0.15) is 4.31 Å². The first-order valence-electron chi connectivity index (χ1n) is 9.13. The van der Waals surface area contributed by atoms with Gasteiger partial charge in [0.15, 0.2) is 11.6 Å². The molecule has 3 rings (SSSR count). The summed E-state index contributed by atoms with van der Waals surface area (Å²) in [5, 5.41) is 0. The molecule has 29 heavy (non-hydrogen) atoms. The zero-order valence-corrected chi connectivity index (χ0v) is 17.6. The molecule has 1 aliphatic heterocycles. The Bertz CT molecular complexity index is 991. The van der Waals surface area contributed by atoms with Crippen LogP contribution in [0.2, 0.25) is 0 Å². The smallest absolute Gasteiger partial charge is 0.243 e. The van der Waals surface area contributed by atoms with E-state index in [0.29, 0.717) is 11.8 Å². The molecule has 0 aliphatic carbocycles. The van der Waals surface area contributed by atoms with Crippen LogP contribution in [0, 0.1) is 18.6 Å². The van der Waals surface area contributed by atoms with Crippen LogP contribution in [0.1, 0.15) is 11.1 Å². The zero-order chi connectivity index (χ0) is 21.0. The fraction of sp³-hybridized carbons (Fsp3) is 0.350. The van der Waals surface area contributed by atoms with E-state index in [-0.39, 0.29) is 37.0 Å². The van der Waals surface area contributed by atoms with Crippen molar-refractivity contribution in [1.29, 1.82) is 0 Å². The lowest BCUT2D eigenvalue weighted by atomic mass is 10.2. The van der Waals surface area contributed by atoms with Crippen LogP contribution in [-0.2, 0) is 20.6 Å². The summed E-state index contributed by atoms with van der Waals surface area (Å²) < 4.78 is 52.9. The second kappa shape index (κ2) is 9.23. The van der Waals surface area contributed by atoms with Crippen molar-refractivity contribution in [1.82, 2.24) is 9.21 Å². The minimum atomic E-state index is -3.92. The largest absolute Gasteiger partial charge is 0.339 e. The third-order valence-electron chi connectivity index (χ3n) is 4.70. The zero-order valence-electron chi connectivity index (χ0n) is 16.0. The van der Waals surface area contributed by atoms with Crippen LogP contribution in [0.4, 0.5) is 8.78 Å². The van der Waals surface area contributed by atoms with E-state index < -0.39 is 21.7 Å². The van der Waals surface area contributed by atoms with Gasteiger partial charge in [-0.15, -0.1) is 11.8 Å². The number of hydrogen-bond acceptors (Lipinski definition) is 4. The van der Waals surface area contributed by atoms with Crippen LogP contribution in [-0.4, -0.2) is 55.5 Å². The molecule has 1 aliphatic rings. The first-order valence-corrected chi connectivity index (χ1v) is 11.7. The van der Waals surface area contributed by atoms with Crippen LogP contribution in [0.15, 0.2) is 47.4 Å². The molecule has 0 radical (unpaired) electrons. The monoisotopic (exact) mass is 440 g/mol. The molecule has 1 heterocycles. The van der Waals surface area contributed by atoms with Crippen molar-refractivity contribution in [3.05, 3.63) is 65.2 Å². The van der Waals surface area contributed by atoms with E-state index in [2.05, 4.69) is 6.07 Å². The lowest BCUT2D eigenvalue weighted by Gasteiger charge is -2.34. The number of nitrogens with zero attached hydrogens (tertiary/aromatic N) is 2. The summed E-state index contributed by atoms with van der Waals surface area (Å²) in [6.45, 7) is 2.80. The maximum atomic E-state index is 13.4. The van der Waals surface area contributed by atoms with E-state index in [1.54, 1.807) is 4.90 Å². The summed E-state index contributed by atoms with van der Waals surface area (Å²) in [6, 6.07) is 10.6. The minimum Gasteiger partial charge on any atom is -0.339 e. The lowest BCUT2D eigenvalue weighted by molar-refractivity contribution is -0.129. The number of aryl methyl sites for hydroxylation is 1. The number of thioether (sulfide) groups is 1. The molecule has 1 fully saturated rings. The van der Waals surface area contributed by atoms with Crippen molar-refractivity contribution in [2.24, 2.45) is 0 Å². The second-order valence-corrected chi connectivity index (χ2v) is 9.77. The van der Waals surface area contributed by atoms with Gasteiger partial charge >= 0.3 is 0 Å². The lowest BCUT2D eigenvalue weighted by Crippen LogP contribution is -2.51. The standard InChI is InChI=1S/C20H22F2N2O3S2/c1-15-3-2-4-16(11-15)13-28-14-20(25)23-7-9-24(10-8-23)29(26,27)17-5-6-18(21)19(22)12-17/h2-6,11-12H,7-10,13-14H2,1H3. The summed E-state index contributed by atoms with van der Waals surface area (Å²) in [6.07, 6.45) is 0. The SMILES string of the molecule is Cc1cccc(CSCC(=O)N2CCN(S(=O)(=O)c3ccc(F)c(F)c3)CC2)c1. The molecular formula is C20H22F2N2O3S2. The van der Waals surface area contributed by atoms with E-state index in [9.17, 15) is 22.0 Å². The Kier molecular flexibility index (Phi) is 6.92. The van der Waals surface area contributed by atoms with E-state index in [1.165, 1.54) is 21.6 Å². The Hall–Kier alpha value is -1.97. The highest BCUT2D eigenvalue weighted by atomic mass is 32.2. The molecule has 0 bridgehead atoms. The molecule has 1 amide bonds. The Balaban J connectivity index is 1.51. The normalized spacial score (nSPS) is 15.5. The predicted octanol–water partition coefficient (Wildman–Crippen LogP) is 3.04. The Morgan fingerprint density at radius 1 is 1.03 bits per heavy atom. The highest BCUT2D eigenvalue weighted by molar-refractivity contribution is 7.99. The van der Waals surface area contributed by atoms with Gasteiger partial charge in [-0.1, -0.05) is 29.8 Å². The summed E-state index contributed by atoms with van der Waals surface area (Å²) in [4.78, 5) is 13.8. The Morgan fingerprint density at radius 3 is 2.41 bits per heavy atom. The Morgan fingerprint density at radius 2 is 1.76 bits per heavy atom. The van der Waals surface area contributed by atoms with Gasteiger partial charge in [0, 0.05) is 31.9 Å². The van der Waals surface area contributed by atoms with Gasteiger partial charge in [-0.05, 0) is 30.7 Å². The minimum absolute atomic E-state index is 0.0347. The van der Waals surface area contributed by atoms with Gasteiger partial charge in [0.25, 0.3) is 0 Å². The maximum Gasteiger partial charge on any atom is 0.243 e. The van der Waals surface area contributed by atoms with Crippen LogP contribution in [0.3, 0.4) is 0 Å². The molecule has 2 aromatic rings. The maximum absolute atomic E-state index is 13.4. The van der Waals surface area contributed by atoms with Gasteiger partial charge in [0.05, 0.1) is 10.6 Å². The summed E-state index contributed by atoms with van der Waals surface area (Å²) >= 11 is 1.52. The number of benzene rings is 2. The molecule has 0 unspecified atom stereocenters. The molecular weight excluding hydrogens is 418 g/mol. The molecule has 0 saturated carbocycles. The number of rotatable bonds is 6. The molecule has 1 saturated heterocycles. The average Bonchev–Trinajstić information content (AvgIpc) is 2.70. The number of hydrogen-bond donors (Lipinski definition) is 0. The molecule has 156 valence electrons. The van der Waals surface area contributed by atoms with Crippen LogP contribution < -0.4 is 0 Å². The predicted molar refractivity (Wildman–Crippen MR) is 109 cm³/mol. The number of amides is 1. The van der Waals surface area contributed by atoms with E-state index in [0.717, 1.165) is 23.4 Å². The van der Waals surface area contributed by atoms with Crippen LogP contribution in [0.25, 0.3) is 0 Å². The number of halogens is 2. The average molecular weight is 441 g/mol. The highest BCUT2D eigenvalue weighted by Gasteiger charge is 2.30. The second-order valence-electron chi connectivity index (χ2n) is 6.84. The van der Waals surface area contributed by atoms with Crippen molar-refractivity contribution >= 4 is 27.7 Å². The highest BCUT2D eigenvalue weighted by Crippen LogP contribution is 2.20. The van der Waals surface area contributed by atoms with Gasteiger partial charge < -0.3 is 4.90 Å². The molecule has 0 atom stereocenters. The number of carbonyl (C=O) groups excluding carboxylic acids is 1. The molecule has 0 aromatic heterocycles. The van der Waals surface area contributed by atoms with Crippen molar-refractivity contribution in [3.63, 3.8) is 0 Å². The molecule has 5 nitrogen and oxygen atoms in total. The number of sulfonamides is 1. The van der Waals surface area contributed by atoms with E-state index >= 15 is 0 Å². The topological polar surface area (TPSA) is 57.7 Å².